The maximum absolute atomic E-state index is 13.4. The second-order valence-corrected chi connectivity index (χ2v) is 9.25. The molecule has 0 spiro atoms. The second kappa shape index (κ2) is 9.21. The summed E-state index contributed by atoms with van der Waals surface area (Å²) >= 11 is 0. The van der Waals surface area contributed by atoms with Gasteiger partial charge in [0.2, 0.25) is 11.8 Å². The maximum Gasteiger partial charge on any atom is 0.226 e. The number of likely N-dealkylation sites (tertiary alicyclic amines) is 1. The molecule has 5 heteroatoms. The van der Waals surface area contributed by atoms with Gasteiger partial charge >= 0.3 is 0 Å². The minimum Gasteiger partial charge on any atom is -0.356 e. The first kappa shape index (κ1) is 21.5. The van der Waals surface area contributed by atoms with Crippen molar-refractivity contribution in [3.8, 4) is 11.1 Å². The van der Waals surface area contributed by atoms with Gasteiger partial charge in [-0.05, 0) is 66.8 Å². The highest BCUT2D eigenvalue weighted by atomic mass is 16.2. The van der Waals surface area contributed by atoms with Gasteiger partial charge in [-0.15, -0.1) is 0 Å². The number of aromatic nitrogens is 1. The summed E-state index contributed by atoms with van der Waals surface area (Å²) in [6.07, 6.45) is 7.64. The lowest BCUT2D eigenvalue weighted by Gasteiger charge is -2.41. The van der Waals surface area contributed by atoms with Gasteiger partial charge in [-0.1, -0.05) is 38.1 Å². The number of carbonyl (C=O) groups excluding carboxylic acids is 2. The molecule has 31 heavy (non-hydrogen) atoms. The normalized spacial score (nSPS) is 22.1. The Hall–Kier alpha value is -2.69. The molecule has 1 aromatic heterocycles. The van der Waals surface area contributed by atoms with Crippen molar-refractivity contribution in [2.45, 2.75) is 46.0 Å². The lowest BCUT2D eigenvalue weighted by Crippen LogP contribution is -2.51. The van der Waals surface area contributed by atoms with Crippen molar-refractivity contribution in [2.24, 2.45) is 17.3 Å². The van der Waals surface area contributed by atoms with Crippen LogP contribution in [0.25, 0.3) is 11.1 Å². The third-order valence-electron chi connectivity index (χ3n) is 7.01. The van der Waals surface area contributed by atoms with Gasteiger partial charge in [-0.3, -0.25) is 14.6 Å². The fourth-order valence-corrected chi connectivity index (χ4v) is 4.82. The lowest BCUT2D eigenvalue weighted by atomic mass is 9.72. The minimum atomic E-state index is -0.482. The Balaban J connectivity index is 1.57. The molecule has 2 amide bonds. The summed E-state index contributed by atoms with van der Waals surface area (Å²) in [6.45, 7) is 6.24. The third kappa shape index (κ3) is 4.65. The van der Waals surface area contributed by atoms with Crippen molar-refractivity contribution in [3.63, 3.8) is 0 Å². The first-order valence-corrected chi connectivity index (χ1v) is 11.6. The Labute approximate surface area is 185 Å². The van der Waals surface area contributed by atoms with Crippen molar-refractivity contribution in [1.82, 2.24) is 15.2 Å². The standard InChI is InChI=1S/C26H33N3O2/c1-3-12-28-25(31)26(10-15-29(16-11-26)24(30)23-17-19(23)2)18-21-6-4-5-7-22(21)20-8-13-27-14-9-20/h4-9,13-14,19,23H,3,10-12,15-18H2,1-2H3,(H,28,31)/t19-,23+/m1/s1. The van der Waals surface area contributed by atoms with Crippen LogP contribution in [0.4, 0.5) is 0 Å². The number of hydrogen-bond acceptors (Lipinski definition) is 3. The summed E-state index contributed by atoms with van der Waals surface area (Å²) in [5.74, 6) is 1.13. The SMILES string of the molecule is CCCNC(=O)C1(Cc2ccccc2-c2ccncc2)CCN(C(=O)[C@H]2C[C@H]2C)CC1. The van der Waals surface area contributed by atoms with E-state index in [1.165, 1.54) is 5.56 Å². The molecule has 0 radical (unpaired) electrons. The van der Waals surface area contributed by atoms with Crippen molar-refractivity contribution >= 4 is 11.8 Å². The number of amides is 2. The molecule has 164 valence electrons. The number of pyridine rings is 1. The Morgan fingerprint density at radius 2 is 1.81 bits per heavy atom. The van der Waals surface area contributed by atoms with Crippen molar-refractivity contribution in [1.29, 1.82) is 0 Å². The van der Waals surface area contributed by atoms with Gasteiger partial charge in [0, 0.05) is 37.9 Å². The topological polar surface area (TPSA) is 62.3 Å². The molecule has 2 atom stereocenters. The number of benzene rings is 1. The van der Waals surface area contributed by atoms with E-state index in [1.807, 2.05) is 29.2 Å². The smallest absolute Gasteiger partial charge is 0.226 e. The van der Waals surface area contributed by atoms with E-state index in [-0.39, 0.29) is 17.7 Å². The van der Waals surface area contributed by atoms with Crippen LogP contribution in [-0.2, 0) is 16.0 Å². The van der Waals surface area contributed by atoms with E-state index >= 15 is 0 Å². The molecule has 2 aliphatic rings. The van der Waals surface area contributed by atoms with Crippen molar-refractivity contribution in [2.75, 3.05) is 19.6 Å². The molecule has 2 heterocycles. The number of nitrogens with zero attached hydrogens (tertiary/aromatic N) is 2. The van der Waals surface area contributed by atoms with Crippen LogP contribution in [0.5, 0.6) is 0 Å². The zero-order valence-electron chi connectivity index (χ0n) is 18.6. The maximum atomic E-state index is 13.4. The average molecular weight is 420 g/mol. The molecule has 1 aliphatic heterocycles. The molecular weight excluding hydrogens is 386 g/mol. The van der Waals surface area contributed by atoms with E-state index in [2.05, 4.69) is 36.3 Å². The molecule has 4 rings (SSSR count). The molecule has 1 saturated carbocycles. The Bertz CT molecular complexity index is 919. The van der Waals surface area contributed by atoms with E-state index in [1.54, 1.807) is 12.4 Å². The Kier molecular flexibility index (Phi) is 6.40. The Morgan fingerprint density at radius 3 is 2.45 bits per heavy atom. The fourth-order valence-electron chi connectivity index (χ4n) is 4.82. The summed E-state index contributed by atoms with van der Waals surface area (Å²) < 4.78 is 0. The van der Waals surface area contributed by atoms with Crippen molar-refractivity contribution < 1.29 is 9.59 Å². The van der Waals surface area contributed by atoms with Crippen LogP contribution in [0.2, 0.25) is 0 Å². The van der Waals surface area contributed by atoms with Gasteiger partial charge in [-0.25, -0.2) is 0 Å². The molecule has 1 saturated heterocycles. The predicted octanol–water partition coefficient (Wildman–Crippen LogP) is 4.08. The van der Waals surface area contributed by atoms with Crippen LogP contribution in [0, 0.1) is 17.3 Å². The highest BCUT2D eigenvalue weighted by molar-refractivity contribution is 5.85. The zero-order chi connectivity index (χ0) is 21.8. The Morgan fingerprint density at radius 1 is 1.13 bits per heavy atom. The van der Waals surface area contributed by atoms with E-state index < -0.39 is 5.41 Å². The van der Waals surface area contributed by atoms with E-state index in [9.17, 15) is 9.59 Å². The summed E-state index contributed by atoms with van der Waals surface area (Å²) in [5, 5.41) is 3.16. The largest absolute Gasteiger partial charge is 0.356 e. The van der Waals surface area contributed by atoms with Crippen LogP contribution in [0.15, 0.2) is 48.8 Å². The van der Waals surface area contributed by atoms with Gasteiger partial charge < -0.3 is 10.2 Å². The molecule has 0 bridgehead atoms. The van der Waals surface area contributed by atoms with Crippen LogP contribution in [0.3, 0.4) is 0 Å². The van der Waals surface area contributed by atoms with Crippen molar-refractivity contribution in [3.05, 3.63) is 54.4 Å². The van der Waals surface area contributed by atoms with Gasteiger partial charge in [0.1, 0.15) is 0 Å². The molecule has 2 fully saturated rings. The number of hydrogen-bond donors (Lipinski definition) is 1. The quantitative estimate of drug-likeness (QED) is 0.735. The van der Waals surface area contributed by atoms with Gasteiger partial charge in [0.25, 0.3) is 0 Å². The third-order valence-corrected chi connectivity index (χ3v) is 7.01. The molecular formula is C26H33N3O2. The highest BCUT2D eigenvalue weighted by Gasteiger charge is 2.46. The minimum absolute atomic E-state index is 0.130. The first-order chi connectivity index (χ1) is 15.0. The molecule has 2 aromatic rings. The average Bonchev–Trinajstić information content (AvgIpc) is 3.55. The number of piperidine rings is 1. The van der Waals surface area contributed by atoms with Crippen LogP contribution in [0.1, 0.15) is 45.1 Å². The second-order valence-electron chi connectivity index (χ2n) is 9.25. The zero-order valence-corrected chi connectivity index (χ0v) is 18.6. The fraction of sp³-hybridized carbons (Fsp3) is 0.500. The molecule has 1 aromatic carbocycles. The predicted molar refractivity (Wildman–Crippen MR) is 122 cm³/mol. The van der Waals surface area contributed by atoms with Gasteiger partial charge in [-0.2, -0.15) is 0 Å². The van der Waals surface area contributed by atoms with Gasteiger partial charge in [0.15, 0.2) is 0 Å². The first-order valence-electron chi connectivity index (χ1n) is 11.6. The summed E-state index contributed by atoms with van der Waals surface area (Å²) in [4.78, 5) is 32.3. The monoisotopic (exact) mass is 419 g/mol. The summed E-state index contributed by atoms with van der Waals surface area (Å²) in [7, 11) is 0. The van der Waals surface area contributed by atoms with E-state index in [0.29, 0.717) is 44.8 Å². The van der Waals surface area contributed by atoms with Crippen LogP contribution in [-0.4, -0.2) is 41.3 Å². The molecule has 0 unspecified atom stereocenters. The van der Waals surface area contributed by atoms with Crippen LogP contribution >= 0.6 is 0 Å². The van der Waals surface area contributed by atoms with Crippen LogP contribution < -0.4 is 5.32 Å². The number of carbonyl (C=O) groups is 2. The summed E-state index contributed by atoms with van der Waals surface area (Å²) in [5.41, 5.74) is 2.96. The lowest BCUT2D eigenvalue weighted by molar-refractivity contribution is -0.141. The number of rotatable bonds is 7. The molecule has 5 nitrogen and oxygen atoms in total. The highest BCUT2D eigenvalue weighted by Crippen LogP contribution is 2.42. The van der Waals surface area contributed by atoms with E-state index in [4.69, 9.17) is 0 Å². The molecule has 1 aliphatic carbocycles. The summed E-state index contributed by atoms with van der Waals surface area (Å²) in [6, 6.07) is 12.4. The molecule has 1 N–H and O–H groups in total. The number of nitrogens with one attached hydrogen (secondary N) is 1. The van der Waals surface area contributed by atoms with Gasteiger partial charge in [0.05, 0.1) is 5.41 Å². The van der Waals surface area contributed by atoms with E-state index in [0.717, 1.165) is 24.0 Å².